The Morgan fingerprint density at radius 2 is 2.00 bits per heavy atom. The number of thioether (sulfide) groups is 1. The summed E-state index contributed by atoms with van der Waals surface area (Å²) >= 11 is 9.19. The third-order valence-corrected chi connectivity index (χ3v) is 9.10. The molecule has 0 unspecified atom stereocenters. The number of likely N-dealkylation sites (tertiary alicyclic amines) is 1. The first-order chi connectivity index (χ1) is 14.2. The van der Waals surface area contributed by atoms with E-state index in [9.17, 15) is 0 Å². The summed E-state index contributed by atoms with van der Waals surface area (Å²) in [5.74, 6) is 3.64. The maximum atomic E-state index is 5.70. The number of nitrogens with zero attached hydrogens (tertiary/aromatic N) is 5. The van der Waals surface area contributed by atoms with Crippen molar-refractivity contribution in [3.8, 4) is 0 Å². The average Bonchev–Trinajstić information content (AvgIpc) is 3.28. The SMILES string of the molecule is Cn1c(CSc2nc3ccccc3s2)nn(CN2CC[C@@H]3CCCC[C@H]3C2)c1=S. The van der Waals surface area contributed by atoms with E-state index in [1.807, 2.05) is 17.8 Å². The van der Waals surface area contributed by atoms with Crippen LogP contribution in [0.15, 0.2) is 28.6 Å². The van der Waals surface area contributed by atoms with Crippen LogP contribution in [0.5, 0.6) is 0 Å². The quantitative estimate of drug-likeness (QED) is 0.392. The molecule has 0 N–H and O–H groups in total. The molecule has 3 heterocycles. The van der Waals surface area contributed by atoms with Gasteiger partial charge in [-0.05, 0) is 49.0 Å². The van der Waals surface area contributed by atoms with Crippen LogP contribution >= 0.6 is 35.3 Å². The first-order valence-corrected chi connectivity index (χ1v) is 12.7. The number of aromatic nitrogens is 4. The van der Waals surface area contributed by atoms with Crippen LogP contribution in [0, 0.1) is 16.6 Å². The minimum Gasteiger partial charge on any atom is -0.306 e. The van der Waals surface area contributed by atoms with Crippen molar-refractivity contribution in [3.63, 3.8) is 0 Å². The molecule has 8 heteroatoms. The topological polar surface area (TPSA) is 38.9 Å². The van der Waals surface area contributed by atoms with Crippen LogP contribution in [0.1, 0.15) is 37.9 Å². The molecule has 2 atom stereocenters. The largest absolute Gasteiger partial charge is 0.306 e. The first-order valence-electron chi connectivity index (χ1n) is 10.5. The Hall–Kier alpha value is -1.22. The molecule has 0 amide bonds. The van der Waals surface area contributed by atoms with Crippen molar-refractivity contribution >= 4 is 45.5 Å². The van der Waals surface area contributed by atoms with Gasteiger partial charge in [-0.2, -0.15) is 5.10 Å². The molecule has 1 aliphatic carbocycles. The van der Waals surface area contributed by atoms with Crippen LogP contribution in [0.25, 0.3) is 10.2 Å². The molecule has 2 aliphatic rings. The fourth-order valence-electron chi connectivity index (χ4n) is 4.78. The average molecular weight is 446 g/mol. The molecule has 0 radical (unpaired) electrons. The van der Waals surface area contributed by atoms with Gasteiger partial charge in [-0.3, -0.25) is 4.90 Å². The van der Waals surface area contributed by atoms with Gasteiger partial charge < -0.3 is 4.57 Å². The summed E-state index contributed by atoms with van der Waals surface area (Å²) in [5.41, 5.74) is 1.07. The molecular formula is C21H27N5S3. The molecule has 1 saturated heterocycles. The monoisotopic (exact) mass is 445 g/mol. The Bertz CT molecular complexity index is 1020. The van der Waals surface area contributed by atoms with Crippen LogP contribution in [0.4, 0.5) is 0 Å². The molecule has 0 bridgehead atoms. The second-order valence-electron chi connectivity index (χ2n) is 8.31. The molecule has 0 spiro atoms. The molecule has 1 aromatic carbocycles. The highest BCUT2D eigenvalue weighted by Gasteiger charge is 2.31. The number of para-hydroxylation sites is 1. The lowest BCUT2D eigenvalue weighted by Crippen LogP contribution is -2.42. The summed E-state index contributed by atoms with van der Waals surface area (Å²) in [4.78, 5) is 7.28. The van der Waals surface area contributed by atoms with Crippen molar-refractivity contribution < 1.29 is 0 Å². The lowest BCUT2D eigenvalue weighted by atomic mass is 9.75. The van der Waals surface area contributed by atoms with Gasteiger partial charge >= 0.3 is 0 Å². The predicted molar refractivity (Wildman–Crippen MR) is 123 cm³/mol. The summed E-state index contributed by atoms with van der Waals surface area (Å²) < 4.78 is 7.22. The zero-order valence-electron chi connectivity index (χ0n) is 16.8. The Balaban J connectivity index is 1.25. The third-order valence-electron chi connectivity index (χ3n) is 6.44. The number of benzene rings is 1. The molecule has 5 nitrogen and oxygen atoms in total. The maximum Gasteiger partial charge on any atom is 0.198 e. The van der Waals surface area contributed by atoms with E-state index in [-0.39, 0.29) is 0 Å². The molecule has 154 valence electrons. The van der Waals surface area contributed by atoms with Crippen LogP contribution in [0.2, 0.25) is 0 Å². The molecule has 2 fully saturated rings. The van der Waals surface area contributed by atoms with Crippen molar-refractivity contribution in [2.24, 2.45) is 18.9 Å². The van der Waals surface area contributed by atoms with Crippen molar-refractivity contribution in [2.45, 2.75) is 48.9 Å². The van der Waals surface area contributed by atoms with Gasteiger partial charge in [0.15, 0.2) is 9.11 Å². The lowest BCUT2D eigenvalue weighted by Gasteiger charge is -2.41. The summed E-state index contributed by atoms with van der Waals surface area (Å²) in [6.45, 7) is 3.20. The van der Waals surface area contributed by atoms with Gasteiger partial charge in [0.1, 0.15) is 5.82 Å². The fraction of sp³-hybridized carbons (Fsp3) is 0.571. The van der Waals surface area contributed by atoms with Crippen LogP contribution < -0.4 is 0 Å². The van der Waals surface area contributed by atoms with E-state index in [2.05, 4.69) is 27.7 Å². The minimum absolute atomic E-state index is 0.789. The molecular weight excluding hydrogens is 418 g/mol. The van der Waals surface area contributed by atoms with E-state index in [1.54, 1.807) is 23.1 Å². The van der Waals surface area contributed by atoms with Crippen LogP contribution in [-0.2, 0) is 19.5 Å². The van der Waals surface area contributed by atoms with Crippen LogP contribution in [0.3, 0.4) is 0 Å². The van der Waals surface area contributed by atoms with Crippen molar-refractivity contribution in [3.05, 3.63) is 34.9 Å². The highest BCUT2D eigenvalue weighted by molar-refractivity contribution is 8.00. The highest BCUT2D eigenvalue weighted by Crippen LogP contribution is 2.36. The summed E-state index contributed by atoms with van der Waals surface area (Å²) in [6, 6.07) is 8.30. The molecule has 5 rings (SSSR count). The Morgan fingerprint density at radius 3 is 2.86 bits per heavy atom. The number of rotatable bonds is 5. The summed E-state index contributed by atoms with van der Waals surface area (Å²) in [7, 11) is 2.04. The van der Waals surface area contributed by atoms with Crippen molar-refractivity contribution in [1.29, 1.82) is 0 Å². The third kappa shape index (κ3) is 4.17. The van der Waals surface area contributed by atoms with Crippen LogP contribution in [-0.4, -0.2) is 37.3 Å². The zero-order chi connectivity index (χ0) is 19.8. The fourth-order valence-corrected chi connectivity index (χ4v) is 7.03. The second kappa shape index (κ2) is 8.49. The number of hydrogen-bond donors (Lipinski definition) is 0. The van der Waals surface area contributed by atoms with E-state index in [0.717, 1.165) is 44.7 Å². The molecule has 29 heavy (non-hydrogen) atoms. The molecule has 3 aromatic rings. The van der Waals surface area contributed by atoms with Gasteiger partial charge in [-0.15, -0.1) is 11.3 Å². The highest BCUT2D eigenvalue weighted by atomic mass is 32.2. The van der Waals surface area contributed by atoms with Gasteiger partial charge in [0.05, 0.1) is 22.6 Å². The molecule has 1 aliphatic heterocycles. The standard InChI is InChI=1S/C21H27N5S3/c1-24-19(13-28-20-22-17-8-4-5-9-18(17)29-20)23-26(21(24)27)14-25-11-10-15-6-2-3-7-16(15)12-25/h4-5,8-9,15-16H,2-3,6-7,10-14H2,1H3/t15-,16-/m0/s1. The molecule has 2 aromatic heterocycles. The van der Waals surface area contributed by atoms with Gasteiger partial charge in [-0.25, -0.2) is 9.67 Å². The number of hydrogen-bond acceptors (Lipinski definition) is 6. The first kappa shape index (κ1) is 19.7. The van der Waals surface area contributed by atoms with Gasteiger partial charge in [-0.1, -0.05) is 43.2 Å². The number of thiazole rings is 1. The van der Waals surface area contributed by atoms with E-state index < -0.39 is 0 Å². The number of fused-ring (bicyclic) bond motifs is 2. The normalized spacial score (nSPS) is 22.8. The minimum atomic E-state index is 0.789. The smallest absolute Gasteiger partial charge is 0.198 e. The summed E-state index contributed by atoms with van der Waals surface area (Å²) in [6.07, 6.45) is 7.02. The second-order valence-corrected chi connectivity index (χ2v) is 10.9. The Morgan fingerprint density at radius 1 is 1.17 bits per heavy atom. The van der Waals surface area contributed by atoms with Gasteiger partial charge in [0.2, 0.25) is 0 Å². The zero-order valence-corrected chi connectivity index (χ0v) is 19.2. The van der Waals surface area contributed by atoms with E-state index in [0.29, 0.717) is 0 Å². The van der Waals surface area contributed by atoms with Crippen molar-refractivity contribution in [2.75, 3.05) is 13.1 Å². The lowest BCUT2D eigenvalue weighted by molar-refractivity contribution is 0.0624. The predicted octanol–water partition coefficient (Wildman–Crippen LogP) is 5.32. The Kier molecular flexibility index (Phi) is 5.78. The summed E-state index contributed by atoms with van der Waals surface area (Å²) in [5, 5.41) is 4.87. The molecule has 1 saturated carbocycles. The Labute approximate surface area is 185 Å². The van der Waals surface area contributed by atoms with E-state index in [1.165, 1.54) is 49.9 Å². The van der Waals surface area contributed by atoms with Crippen molar-refractivity contribution in [1.82, 2.24) is 24.2 Å². The van der Waals surface area contributed by atoms with Gasteiger partial charge in [0, 0.05) is 20.1 Å². The van der Waals surface area contributed by atoms with E-state index >= 15 is 0 Å². The number of piperidine rings is 1. The maximum absolute atomic E-state index is 5.70. The van der Waals surface area contributed by atoms with E-state index in [4.69, 9.17) is 22.3 Å². The van der Waals surface area contributed by atoms with Gasteiger partial charge in [0.25, 0.3) is 0 Å².